The van der Waals surface area contributed by atoms with Crippen LogP contribution in [0, 0.1) is 13.8 Å². The first-order valence-corrected chi connectivity index (χ1v) is 7.65. The Morgan fingerprint density at radius 2 is 2.10 bits per heavy atom. The van der Waals surface area contributed by atoms with Crippen molar-refractivity contribution in [3.8, 4) is 0 Å². The number of fused-ring (bicyclic) bond motifs is 1. The van der Waals surface area contributed by atoms with Crippen molar-refractivity contribution in [1.29, 1.82) is 0 Å². The zero-order valence-corrected chi connectivity index (χ0v) is 12.8. The number of rotatable bonds is 3. The summed E-state index contributed by atoms with van der Waals surface area (Å²) in [5.74, 6) is 0.412. The maximum absolute atomic E-state index is 12.4. The summed E-state index contributed by atoms with van der Waals surface area (Å²) < 4.78 is 7.10. The van der Waals surface area contributed by atoms with E-state index >= 15 is 0 Å². The molecule has 0 unspecified atom stereocenters. The van der Waals surface area contributed by atoms with Gasteiger partial charge in [0, 0.05) is 0 Å². The van der Waals surface area contributed by atoms with E-state index in [4.69, 9.17) is 4.42 Å². The molecule has 0 saturated carbocycles. The number of benzene rings is 1. The molecule has 0 aliphatic rings. The van der Waals surface area contributed by atoms with Crippen LogP contribution in [0.2, 0.25) is 0 Å². The van der Waals surface area contributed by atoms with E-state index in [0.29, 0.717) is 16.8 Å². The van der Waals surface area contributed by atoms with Crippen LogP contribution in [0.5, 0.6) is 0 Å². The molecule has 0 radical (unpaired) electrons. The van der Waals surface area contributed by atoms with Gasteiger partial charge in [0.05, 0.1) is 11.0 Å². The third-order valence-corrected chi connectivity index (χ3v) is 3.70. The summed E-state index contributed by atoms with van der Waals surface area (Å²) in [6.45, 7) is 3.93. The molecule has 0 amide bonds. The molecule has 3 aromatic rings. The molecule has 3 rings (SSSR count). The van der Waals surface area contributed by atoms with Gasteiger partial charge in [0.1, 0.15) is 12.2 Å². The van der Waals surface area contributed by atoms with E-state index in [0.717, 1.165) is 16.6 Å². The molecule has 0 atom stereocenters. The van der Waals surface area contributed by atoms with Crippen LogP contribution in [-0.2, 0) is 6.54 Å². The lowest BCUT2D eigenvalue weighted by atomic mass is 10.2. The van der Waals surface area contributed by atoms with Gasteiger partial charge in [-0.05, 0) is 37.8 Å². The number of aryl methyl sites for hydroxylation is 2. The van der Waals surface area contributed by atoms with Crippen LogP contribution < -0.4 is 5.56 Å². The molecule has 1 aromatic carbocycles. The molecule has 0 fully saturated rings. The summed E-state index contributed by atoms with van der Waals surface area (Å²) in [6.07, 6.45) is 1.86. The average Bonchev–Trinajstić information content (AvgIpc) is 2.92. The average molecular weight is 302 g/mol. The van der Waals surface area contributed by atoms with Crippen molar-refractivity contribution in [1.82, 2.24) is 19.7 Å². The van der Waals surface area contributed by atoms with E-state index in [1.54, 1.807) is 11.5 Å². The Morgan fingerprint density at radius 3 is 2.81 bits per heavy atom. The highest BCUT2D eigenvalue weighted by Gasteiger charge is 2.12. The van der Waals surface area contributed by atoms with Gasteiger partial charge in [-0.25, -0.2) is 4.98 Å². The molecule has 2 heterocycles. The molecule has 7 heteroatoms. The SMILES string of the molecule is CSc1nnc(Cn2c(=O)c(C)nc3ccc(C)cc32)o1. The highest BCUT2D eigenvalue weighted by atomic mass is 32.2. The third-order valence-electron chi connectivity index (χ3n) is 3.18. The first kappa shape index (κ1) is 13.8. The molecular formula is C14H14N4O2S. The number of hydrogen-bond acceptors (Lipinski definition) is 6. The van der Waals surface area contributed by atoms with Crippen LogP contribution in [0.3, 0.4) is 0 Å². The van der Waals surface area contributed by atoms with Crippen LogP contribution in [0.1, 0.15) is 17.1 Å². The van der Waals surface area contributed by atoms with Crippen molar-refractivity contribution in [3.05, 3.63) is 45.7 Å². The van der Waals surface area contributed by atoms with Crippen molar-refractivity contribution in [2.75, 3.05) is 6.26 Å². The van der Waals surface area contributed by atoms with Gasteiger partial charge >= 0.3 is 0 Å². The van der Waals surface area contributed by atoms with Gasteiger partial charge in [-0.1, -0.05) is 17.8 Å². The van der Waals surface area contributed by atoms with Crippen LogP contribution >= 0.6 is 11.8 Å². The minimum Gasteiger partial charge on any atom is -0.414 e. The van der Waals surface area contributed by atoms with Gasteiger partial charge in [0.25, 0.3) is 10.8 Å². The maximum atomic E-state index is 12.4. The smallest absolute Gasteiger partial charge is 0.276 e. The fourth-order valence-electron chi connectivity index (χ4n) is 2.15. The van der Waals surface area contributed by atoms with E-state index in [1.807, 2.05) is 31.4 Å². The fourth-order valence-corrected chi connectivity index (χ4v) is 2.46. The molecule has 0 spiro atoms. The molecular weight excluding hydrogens is 288 g/mol. The maximum Gasteiger partial charge on any atom is 0.276 e. The summed E-state index contributed by atoms with van der Waals surface area (Å²) in [4.78, 5) is 16.7. The van der Waals surface area contributed by atoms with E-state index in [9.17, 15) is 4.79 Å². The van der Waals surface area contributed by atoms with Gasteiger partial charge in [0.15, 0.2) is 0 Å². The molecule has 0 N–H and O–H groups in total. The van der Waals surface area contributed by atoms with Crippen molar-refractivity contribution >= 4 is 22.8 Å². The molecule has 6 nitrogen and oxygen atoms in total. The van der Waals surface area contributed by atoms with Gasteiger partial charge in [-0.15, -0.1) is 10.2 Å². The zero-order chi connectivity index (χ0) is 15.0. The molecule has 0 bridgehead atoms. The van der Waals surface area contributed by atoms with Crippen molar-refractivity contribution < 1.29 is 4.42 Å². The van der Waals surface area contributed by atoms with Gasteiger partial charge in [0.2, 0.25) is 5.89 Å². The van der Waals surface area contributed by atoms with Crippen LogP contribution in [-0.4, -0.2) is 26.0 Å². The number of thioether (sulfide) groups is 1. The largest absolute Gasteiger partial charge is 0.414 e. The second-order valence-electron chi connectivity index (χ2n) is 4.75. The molecule has 108 valence electrons. The molecule has 0 saturated heterocycles. The predicted octanol–water partition coefficient (Wildman–Crippen LogP) is 2.17. The Kier molecular flexibility index (Phi) is 3.50. The first-order valence-electron chi connectivity index (χ1n) is 6.42. The second kappa shape index (κ2) is 5.33. The standard InChI is InChI=1S/C14H14N4O2S/c1-8-4-5-10-11(6-8)18(13(19)9(2)15-10)7-12-16-17-14(20-12)21-3/h4-6H,7H2,1-3H3. The van der Waals surface area contributed by atoms with Crippen LogP contribution in [0.25, 0.3) is 11.0 Å². The Hall–Kier alpha value is -2.15. The van der Waals surface area contributed by atoms with Crippen molar-refractivity contribution in [2.24, 2.45) is 0 Å². The van der Waals surface area contributed by atoms with Gasteiger partial charge in [-0.2, -0.15) is 0 Å². The first-order chi connectivity index (χ1) is 10.1. The second-order valence-corrected chi connectivity index (χ2v) is 5.50. The quantitative estimate of drug-likeness (QED) is 0.690. The Morgan fingerprint density at radius 1 is 1.29 bits per heavy atom. The van der Waals surface area contributed by atoms with E-state index in [1.165, 1.54) is 11.8 Å². The highest BCUT2D eigenvalue weighted by Crippen LogP contribution is 2.16. The van der Waals surface area contributed by atoms with Gasteiger partial charge in [-0.3, -0.25) is 9.36 Å². The fraction of sp³-hybridized carbons (Fsp3) is 0.286. The number of hydrogen-bond donors (Lipinski definition) is 0. The van der Waals surface area contributed by atoms with Crippen molar-refractivity contribution in [3.63, 3.8) is 0 Å². The van der Waals surface area contributed by atoms with Gasteiger partial charge < -0.3 is 4.42 Å². The van der Waals surface area contributed by atoms with Crippen LogP contribution in [0.4, 0.5) is 0 Å². The monoisotopic (exact) mass is 302 g/mol. The van der Waals surface area contributed by atoms with E-state index < -0.39 is 0 Å². The zero-order valence-electron chi connectivity index (χ0n) is 12.0. The lowest BCUT2D eigenvalue weighted by Gasteiger charge is -2.09. The lowest BCUT2D eigenvalue weighted by Crippen LogP contribution is -2.24. The minimum atomic E-state index is -0.142. The topological polar surface area (TPSA) is 73.8 Å². The summed E-state index contributed by atoms with van der Waals surface area (Å²) >= 11 is 1.37. The Bertz CT molecular complexity index is 869. The lowest BCUT2D eigenvalue weighted by molar-refractivity contribution is 0.404. The van der Waals surface area contributed by atoms with E-state index in [2.05, 4.69) is 15.2 Å². The molecule has 2 aromatic heterocycles. The van der Waals surface area contributed by atoms with Crippen LogP contribution in [0.15, 0.2) is 32.6 Å². The predicted molar refractivity (Wildman–Crippen MR) is 80.7 cm³/mol. The normalized spacial score (nSPS) is 11.2. The highest BCUT2D eigenvalue weighted by molar-refractivity contribution is 7.98. The summed E-state index contributed by atoms with van der Waals surface area (Å²) in [7, 11) is 0. The molecule has 0 aliphatic heterocycles. The summed E-state index contributed by atoms with van der Waals surface area (Å²) in [5.41, 5.74) is 2.93. The minimum absolute atomic E-state index is 0.142. The summed E-state index contributed by atoms with van der Waals surface area (Å²) in [5, 5.41) is 8.35. The number of aromatic nitrogens is 4. The number of nitrogens with zero attached hydrogens (tertiary/aromatic N) is 4. The van der Waals surface area contributed by atoms with Crippen molar-refractivity contribution in [2.45, 2.75) is 25.6 Å². The summed E-state index contributed by atoms with van der Waals surface area (Å²) in [6, 6.07) is 5.83. The Balaban J connectivity index is 2.17. The third kappa shape index (κ3) is 2.56. The van der Waals surface area contributed by atoms with E-state index in [-0.39, 0.29) is 12.1 Å². The molecule has 21 heavy (non-hydrogen) atoms. The molecule has 0 aliphatic carbocycles. The Labute approximate surface area is 125 Å².